The van der Waals surface area contributed by atoms with Crippen LogP contribution < -0.4 is 11.1 Å². The molecule has 1 aromatic heterocycles. The van der Waals surface area contributed by atoms with Crippen LogP contribution in [0.25, 0.3) is 0 Å². The van der Waals surface area contributed by atoms with Crippen LogP contribution >= 0.6 is 23.7 Å². The molecule has 0 aliphatic carbocycles. The maximum Gasteiger partial charge on any atom is 0.324 e. The van der Waals surface area contributed by atoms with Gasteiger partial charge in [-0.25, -0.2) is 0 Å². The van der Waals surface area contributed by atoms with E-state index in [1.54, 1.807) is 6.07 Å². The van der Waals surface area contributed by atoms with Crippen LogP contribution in [0.5, 0.6) is 0 Å². The lowest BCUT2D eigenvalue weighted by Crippen LogP contribution is -2.33. The Labute approximate surface area is 110 Å². The molecule has 0 amide bonds. The predicted molar refractivity (Wildman–Crippen MR) is 70.7 cm³/mol. The molecule has 1 aliphatic rings. The van der Waals surface area contributed by atoms with Crippen molar-refractivity contribution in [2.24, 2.45) is 11.7 Å². The van der Waals surface area contributed by atoms with Crippen molar-refractivity contribution in [3.63, 3.8) is 0 Å². The van der Waals surface area contributed by atoms with Crippen molar-refractivity contribution in [3.8, 4) is 0 Å². The summed E-state index contributed by atoms with van der Waals surface area (Å²) in [6.45, 7) is 1.98. The molecule has 0 unspecified atom stereocenters. The SMILES string of the molecule is Cl.N[C@@H](c1csc([N+](=O)[O-])c1)C1CCNCC1. The summed E-state index contributed by atoms with van der Waals surface area (Å²) in [7, 11) is 0. The largest absolute Gasteiger partial charge is 0.324 e. The first-order valence-electron chi connectivity index (χ1n) is 5.37. The summed E-state index contributed by atoms with van der Waals surface area (Å²) < 4.78 is 0. The molecule has 1 aliphatic heterocycles. The first-order chi connectivity index (χ1) is 7.68. The molecule has 2 heterocycles. The van der Waals surface area contributed by atoms with Crippen LogP contribution in [0, 0.1) is 16.0 Å². The summed E-state index contributed by atoms with van der Waals surface area (Å²) in [4.78, 5) is 10.2. The van der Waals surface area contributed by atoms with Crippen LogP contribution in [-0.2, 0) is 0 Å². The van der Waals surface area contributed by atoms with Gasteiger partial charge in [-0.2, -0.15) is 0 Å². The Hall–Kier alpha value is -0.690. The van der Waals surface area contributed by atoms with E-state index in [2.05, 4.69) is 5.32 Å². The first-order valence-corrected chi connectivity index (χ1v) is 6.25. The number of rotatable bonds is 3. The Morgan fingerprint density at radius 2 is 2.18 bits per heavy atom. The molecule has 5 nitrogen and oxygen atoms in total. The monoisotopic (exact) mass is 277 g/mol. The standard InChI is InChI=1S/C10H15N3O2S.ClH/c11-10(7-1-3-12-4-2-7)8-5-9(13(14)15)16-6-8;/h5-7,10,12H,1-4,11H2;1H/t10-;/m1./s1. The summed E-state index contributed by atoms with van der Waals surface area (Å²) in [5.41, 5.74) is 7.05. The number of nitrogens with two attached hydrogens (primary N) is 1. The topological polar surface area (TPSA) is 81.2 Å². The molecular weight excluding hydrogens is 262 g/mol. The van der Waals surface area contributed by atoms with Gasteiger partial charge >= 0.3 is 5.00 Å². The van der Waals surface area contributed by atoms with E-state index >= 15 is 0 Å². The minimum atomic E-state index is -0.358. The Morgan fingerprint density at radius 1 is 1.53 bits per heavy atom. The van der Waals surface area contributed by atoms with Crippen molar-refractivity contribution in [1.29, 1.82) is 0 Å². The Bertz CT molecular complexity index is 379. The van der Waals surface area contributed by atoms with Gasteiger partial charge in [0, 0.05) is 17.5 Å². The van der Waals surface area contributed by atoms with Crippen LogP contribution in [0.1, 0.15) is 24.4 Å². The second kappa shape index (κ2) is 6.30. The zero-order valence-corrected chi connectivity index (χ0v) is 10.9. The lowest BCUT2D eigenvalue weighted by atomic mass is 9.88. The quantitative estimate of drug-likeness (QED) is 0.655. The molecule has 3 N–H and O–H groups in total. The molecule has 0 aromatic carbocycles. The van der Waals surface area contributed by atoms with Gasteiger partial charge in [0.05, 0.1) is 4.92 Å². The summed E-state index contributed by atoms with van der Waals surface area (Å²) in [5.74, 6) is 0.440. The number of nitro groups is 1. The molecule has 7 heteroatoms. The number of thiophene rings is 1. The molecule has 0 bridgehead atoms. The van der Waals surface area contributed by atoms with Crippen molar-refractivity contribution in [2.75, 3.05) is 13.1 Å². The summed E-state index contributed by atoms with van der Waals surface area (Å²) >= 11 is 1.16. The fourth-order valence-electron chi connectivity index (χ4n) is 2.09. The minimum Gasteiger partial charge on any atom is -0.324 e. The van der Waals surface area contributed by atoms with E-state index < -0.39 is 0 Å². The lowest BCUT2D eigenvalue weighted by Gasteiger charge is -2.27. The van der Waals surface area contributed by atoms with Crippen molar-refractivity contribution in [2.45, 2.75) is 18.9 Å². The van der Waals surface area contributed by atoms with E-state index in [0.29, 0.717) is 5.92 Å². The molecule has 1 atom stereocenters. The maximum absolute atomic E-state index is 10.6. The van der Waals surface area contributed by atoms with E-state index in [1.807, 2.05) is 5.38 Å². The molecule has 0 saturated carbocycles. The third-order valence-corrected chi connectivity index (χ3v) is 3.96. The van der Waals surface area contributed by atoms with Crippen molar-refractivity contribution >= 4 is 28.7 Å². The molecular formula is C10H16ClN3O2S. The van der Waals surface area contributed by atoms with Gasteiger partial charge in [-0.05, 0) is 37.4 Å². The van der Waals surface area contributed by atoms with Crippen LogP contribution in [0.4, 0.5) is 5.00 Å². The van der Waals surface area contributed by atoms with E-state index in [0.717, 1.165) is 42.8 Å². The average Bonchev–Trinajstić information content (AvgIpc) is 2.78. The van der Waals surface area contributed by atoms with Gasteiger partial charge in [-0.3, -0.25) is 10.1 Å². The lowest BCUT2D eigenvalue weighted by molar-refractivity contribution is -0.380. The molecule has 0 radical (unpaired) electrons. The molecule has 1 fully saturated rings. The van der Waals surface area contributed by atoms with Crippen LogP contribution in [0.2, 0.25) is 0 Å². The molecule has 17 heavy (non-hydrogen) atoms. The fraction of sp³-hybridized carbons (Fsp3) is 0.600. The Morgan fingerprint density at radius 3 is 2.71 bits per heavy atom. The Balaban J connectivity index is 0.00000144. The maximum atomic E-state index is 10.6. The van der Waals surface area contributed by atoms with E-state index in [4.69, 9.17) is 5.73 Å². The van der Waals surface area contributed by atoms with E-state index in [-0.39, 0.29) is 28.4 Å². The molecule has 96 valence electrons. The van der Waals surface area contributed by atoms with Crippen LogP contribution in [-0.4, -0.2) is 18.0 Å². The first kappa shape index (κ1) is 14.4. The van der Waals surface area contributed by atoms with Crippen molar-refractivity contribution in [3.05, 3.63) is 27.1 Å². The summed E-state index contributed by atoms with van der Waals surface area (Å²) in [5, 5.41) is 15.9. The highest BCUT2D eigenvalue weighted by molar-refractivity contribution is 7.13. The Kier molecular flexibility index (Phi) is 5.32. The van der Waals surface area contributed by atoms with Gasteiger partial charge in [0.15, 0.2) is 0 Å². The number of halogens is 1. The summed E-state index contributed by atoms with van der Waals surface area (Å²) in [6, 6.07) is 1.55. The zero-order chi connectivity index (χ0) is 11.5. The molecule has 0 spiro atoms. The molecule has 1 saturated heterocycles. The normalized spacial score (nSPS) is 18.4. The van der Waals surface area contributed by atoms with Crippen LogP contribution in [0.15, 0.2) is 11.4 Å². The second-order valence-electron chi connectivity index (χ2n) is 4.09. The van der Waals surface area contributed by atoms with E-state index in [9.17, 15) is 10.1 Å². The highest BCUT2D eigenvalue weighted by Crippen LogP contribution is 2.32. The van der Waals surface area contributed by atoms with Crippen molar-refractivity contribution in [1.82, 2.24) is 5.32 Å². The average molecular weight is 278 g/mol. The van der Waals surface area contributed by atoms with Gasteiger partial charge in [-0.15, -0.1) is 12.4 Å². The number of nitrogens with one attached hydrogen (secondary N) is 1. The van der Waals surface area contributed by atoms with E-state index in [1.165, 1.54) is 0 Å². The minimum absolute atomic E-state index is 0. The fourth-order valence-corrected chi connectivity index (χ4v) is 2.86. The zero-order valence-electron chi connectivity index (χ0n) is 9.30. The predicted octanol–water partition coefficient (Wildman–Crippen LogP) is 2.08. The number of hydrogen-bond donors (Lipinski definition) is 2. The smallest absolute Gasteiger partial charge is 0.324 e. The molecule has 1 aromatic rings. The molecule has 2 rings (SSSR count). The third kappa shape index (κ3) is 3.38. The van der Waals surface area contributed by atoms with Gasteiger partial charge in [0.2, 0.25) is 0 Å². The van der Waals surface area contributed by atoms with Gasteiger partial charge < -0.3 is 11.1 Å². The van der Waals surface area contributed by atoms with Gasteiger partial charge in [0.1, 0.15) is 0 Å². The third-order valence-electron chi connectivity index (χ3n) is 3.06. The summed E-state index contributed by atoms with van der Waals surface area (Å²) in [6.07, 6.45) is 2.09. The van der Waals surface area contributed by atoms with Crippen LogP contribution in [0.3, 0.4) is 0 Å². The van der Waals surface area contributed by atoms with Gasteiger partial charge in [0.25, 0.3) is 0 Å². The number of piperidine rings is 1. The van der Waals surface area contributed by atoms with Gasteiger partial charge in [-0.1, -0.05) is 11.3 Å². The number of hydrogen-bond acceptors (Lipinski definition) is 5. The second-order valence-corrected chi connectivity index (χ2v) is 4.98. The van der Waals surface area contributed by atoms with Crippen molar-refractivity contribution < 1.29 is 4.92 Å². The highest BCUT2D eigenvalue weighted by Gasteiger charge is 2.24. The highest BCUT2D eigenvalue weighted by atomic mass is 35.5. The number of nitrogens with zero attached hydrogens (tertiary/aromatic N) is 1.